The second-order valence-corrected chi connectivity index (χ2v) is 8.13. The number of aliphatic imine (C=N–C) groups is 1. The minimum atomic E-state index is -0.0321. The van der Waals surface area contributed by atoms with Crippen LogP contribution in [0.15, 0.2) is 15.6 Å². The summed E-state index contributed by atoms with van der Waals surface area (Å²) >= 11 is 0. The smallest absolute Gasteiger partial charge is 0.216 e. The molecule has 0 amide bonds. The number of aromatic nitrogens is 1. The van der Waals surface area contributed by atoms with Crippen molar-refractivity contribution in [2.75, 3.05) is 46.3 Å². The predicted octanol–water partition coefficient (Wildman–Crippen LogP) is 2.28. The molecular formula is C19H37IN6O. The summed E-state index contributed by atoms with van der Waals surface area (Å²) in [4.78, 5) is 13.9. The topological polar surface area (TPSA) is 68.9 Å². The molecule has 1 aromatic heterocycles. The predicted molar refractivity (Wildman–Crippen MR) is 122 cm³/mol. The number of likely N-dealkylation sites (N-methyl/N-ethyl adjacent to an activating group) is 1. The van der Waals surface area contributed by atoms with Crippen LogP contribution < -0.4 is 10.6 Å². The third-order valence-electron chi connectivity index (χ3n) is 4.74. The van der Waals surface area contributed by atoms with Crippen molar-refractivity contribution >= 4 is 29.9 Å². The van der Waals surface area contributed by atoms with Crippen LogP contribution in [0.2, 0.25) is 0 Å². The molecule has 7 nitrogen and oxygen atoms in total. The Hall–Kier alpha value is -0.870. The third kappa shape index (κ3) is 7.95. The van der Waals surface area contributed by atoms with Gasteiger partial charge >= 0.3 is 0 Å². The first-order valence-corrected chi connectivity index (χ1v) is 9.69. The summed E-state index contributed by atoms with van der Waals surface area (Å²) in [5.74, 6) is 2.35. The molecule has 0 aliphatic carbocycles. The molecule has 8 heteroatoms. The number of nitrogens with zero attached hydrogens (tertiary/aromatic N) is 4. The van der Waals surface area contributed by atoms with E-state index in [0.29, 0.717) is 18.5 Å². The van der Waals surface area contributed by atoms with Gasteiger partial charge < -0.3 is 20.0 Å². The number of rotatable bonds is 6. The van der Waals surface area contributed by atoms with Crippen molar-refractivity contribution in [3.63, 3.8) is 0 Å². The Morgan fingerprint density at radius 2 is 1.93 bits per heavy atom. The Balaban J connectivity index is 0.00000364. The molecule has 1 fully saturated rings. The van der Waals surface area contributed by atoms with E-state index in [1.165, 1.54) is 0 Å². The fourth-order valence-electron chi connectivity index (χ4n) is 2.85. The summed E-state index contributed by atoms with van der Waals surface area (Å²) in [5.41, 5.74) is -0.0321. The molecule has 0 radical (unpaired) electrons. The van der Waals surface area contributed by atoms with Gasteiger partial charge in [0.2, 0.25) is 5.89 Å². The van der Waals surface area contributed by atoms with Gasteiger partial charge in [-0.05, 0) is 20.9 Å². The van der Waals surface area contributed by atoms with E-state index in [4.69, 9.17) is 4.42 Å². The number of piperazine rings is 1. The Morgan fingerprint density at radius 1 is 1.26 bits per heavy atom. The van der Waals surface area contributed by atoms with Crippen LogP contribution in [0.3, 0.4) is 0 Å². The average Bonchev–Trinajstić information content (AvgIpc) is 3.07. The molecule has 0 saturated carbocycles. The molecule has 1 unspecified atom stereocenters. The highest BCUT2D eigenvalue weighted by Gasteiger charge is 2.20. The summed E-state index contributed by atoms with van der Waals surface area (Å²) in [7, 11) is 2.18. The maximum Gasteiger partial charge on any atom is 0.216 e. The molecule has 2 N–H and O–H groups in total. The zero-order chi connectivity index (χ0) is 19.2. The maximum atomic E-state index is 5.82. The van der Waals surface area contributed by atoms with E-state index in [1.54, 1.807) is 6.20 Å². The fourth-order valence-corrected chi connectivity index (χ4v) is 2.85. The minimum Gasteiger partial charge on any atom is -0.443 e. The largest absolute Gasteiger partial charge is 0.443 e. The van der Waals surface area contributed by atoms with E-state index in [9.17, 15) is 0 Å². The van der Waals surface area contributed by atoms with Crippen LogP contribution >= 0.6 is 24.0 Å². The van der Waals surface area contributed by atoms with Crippen LogP contribution in [0.5, 0.6) is 0 Å². The lowest BCUT2D eigenvalue weighted by atomic mass is 9.94. The van der Waals surface area contributed by atoms with E-state index < -0.39 is 0 Å². The zero-order valence-corrected chi connectivity index (χ0v) is 20.0. The molecule has 156 valence electrons. The number of oxazole rings is 1. The third-order valence-corrected chi connectivity index (χ3v) is 4.74. The van der Waals surface area contributed by atoms with Crippen LogP contribution in [0.25, 0.3) is 0 Å². The number of hydrogen-bond donors (Lipinski definition) is 2. The highest BCUT2D eigenvalue weighted by Crippen LogP contribution is 2.22. The summed E-state index contributed by atoms with van der Waals surface area (Å²) < 4.78 is 5.82. The number of guanidine groups is 1. The van der Waals surface area contributed by atoms with Gasteiger partial charge in [0.15, 0.2) is 5.96 Å². The maximum absolute atomic E-state index is 5.82. The lowest BCUT2D eigenvalue weighted by molar-refractivity contribution is 0.120. The van der Waals surface area contributed by atoms with E-state index in [0.717, 1.165) is 51.0 Å². The van der Waals surface area contributed by atoms with E-state index in [1.807, 2.05) is 0 Å². The van der Waals surface area contributed by atoms with Gasteiger partial charge in [-0.1, -0.05) is 20.8 Å². The van der Waals surface area contributed by atoms with Gasteiger partial charge in [0.1, 0.15) is 12.3 Å². The van der Waals surface area contributed by atoms with Gasteiger partial charge in [-0.25, -0.2) is 9.98 Å². The average molecular weight is 492 g/mol. The second kappa shape index (κ2) is 11.2. The molecule has 2 rings (SSSR count). The van der Waals surface area contributed by atoms with Crippen LogP contribution in [0.4, 0.5) is 0 Å². The van der Waals surface area contributed by atoms with Crippen molar-refractivity contribution in [3.05, 3.63) is 17.8 Å². The van der Waals surface area contributed by atoms with E-state index >= 15 is 0 Å². The van der Waals surface area contributed by atoms with E-state index in [-0.39, 0.29) is 29.4 Å². The van der Waals surface area contributed by atoms with Crippen LogP contribution in [-0.4, -0.2) is 73.1 Å². The van der Waals surface area contributed by atoms with E-state index in [2.05, 4.69) is 72.1 Å². The first-order chi connectivity index (χ1) is 12.3. The Bertz CT molecular complexity index is 575. The standard InChI is InChI=1S/C19H36N6O.HI/c1-7-20-18(22-12-15(2)25-10-8-24(6)9-11-25)23-14-17-21-13-16(26-17)19(3,4)5;/h13,15H,7-12,14H2,1-6H3,(H2,20,22,23);1H. The van der Waals surface area contributed by atoms with Crippen molar-refractivity contribution in [1.82, 2.24) is 25.4 Å². The molecule has 0 spiro atoms. The molecule has 0 aromatic carbocycles. The van der Waals surface area contributed by atoms with Crippen molar-refractivity contribution in [1.29, 1.82) is 0 Å². The van der Waals surface area contributed by atoms with Gasteiger partial charge in [0.05, 0.1) is 6.20 Å². The van der Waals surface area contributed by atoms with Crippen molar-refractivity contribution in [2.24, 2.45) is 4.99 Å². The Kier molecular flexibility index (Phi) is 10.0. The number of hydrogen-bond acceptors (Lipinski definition) is 5. The number of halogens is 1. The first-order valence-electron chi connectivity index (χ1n) is 9.69. The van der Waals surface area contributed by atoms with Gasteiger partial charge in [-0.15, -0.1) is 24.0 Å². The van der Waals surface area contributed by atoms with Crippen molar-refractivity contribution in [3.8, 4) is 0 Å². The van der Waals surface area contributed by atoms with Crippen LogP contribution in [-0.2, 0) is 12.0 Å². The van der Waals surface area contributed by atoms with Gasteiger partial charge in [0, 0.05) is 50.7 Å². The molecular weight excluding hydrogens is 455 g/mol. The van der Waals surface area contributed by atoms with Gasteiger partial charge in [-0.2, -0.15) is 0 Å². The Labute approximate surface area is 181 Å². The molecule has 1 aliphatic rings. The normalized spacial score (nSPS) is 18.1. The molecule has 27 heavy (non-hydrogen) atoms. The second-order valence-electron chi connectivity index (χ2n) is 8.13. The SMILES string of the molecule is CCNC(=NCc1ncc(C(C)(C)C)o1)NCC(C)N1CCN(C)CC1.I. The quantitative estimate of drug-likeness (QED) is 0.361. The minimum absolute atomic E-state index is 0. The molecule has 2 heterocycles. The lowest BCUT2D eigenvalue weighted by Gasteiger charge is -2.36. The van der Waals surface area contributed by atoms with Crippen LogP contribution in [0.1, 0.15) is 46.3 Å². The molecule has 1 saturated heterocycles. The van der Waals surface area contributed by atoms with Crippen LogP contribution in [0, 0.1) is 0 Å². The van der Waals surface area contributed by atoms with Gasteiger partial charge in [-0.3, -0.25) is 4.90 Å². The highest BCUT2D eigenvalue weighted by molar-refractivity contribution is 14.0. The lowest BCUT2D eigenvalue weighted by Crippen LogP contribution is -2.52. The summed E-state index contributed by atoms with van der Waals surface area (Å²) in [6.07, 6.45) is 1.81. The molecule has 1 atom stereocenters. The fraction of sp³-hybridized carbons (Fsp3) is 0.789. The Morgan fingerprint density at radius 3 is 2.48 bits per heavy atom. The number of nitrogens with one attached hydrogen (secondary N) is 2. The highest BCUT2D eigenvalue weighted by atomic mass is 127. The summed E-state index contributed by atoms with van der Waals surface area (Å²) in [5, 5.41) is 6.75. The first kappa shape index (κ1) is 24.2. The monoisotopic (exact) mass is 492 g/mol. The molecule has 1 aliphatic heterocycles. The molecule has 1 aromatic rings. The van der Waals surface area contributed by atoms with Crippen molar-refractivity contribution < 1.29 is 4.42 Å². The van der Waals surface area contributed by atoms with Gasteiger partial charge in [0.25, 0.3) is 0 Å². The van der Waals surface area contributed by atoms with Crippen molar-refractivity contribution in [2.45, 2.75) is 52.6 Å². The summed E-state index contributed by atoms with van der Waals surface area (Å²) in [6, 6.07) is 0.474. The zero-order valence-electron chi connectivity index (χ0n) is 17.7. The summed E-state index contributed by atoms with van der Waals surface area (Å²) in [6.45, 7) is 17.4. The molecule has 0 bridgehead atoms.